The largest absolute Gasteiger partial charge is 0.295 e. The lowest BCUT2D eigenvalue weighted by Crippen LogP contribution is -1.88. The Morgan fingerprint density at radius 3 is 1.49 bits per heavy atom. The quantitative estimate of drug-likeness (QED) is 0.157. The van der Waals surface area contributed by atoms with Gasteiger partial charge in [0, 0.05) is 16.8 Å². The van der Waals surface area contributed by atoms with Crippen LogP contribution in [0.4, 0.5) is 0 Å². The van der Waals surface area contributed by atoms with Gasteiger partial charge in [-0.2, -0.15) is 0 Å². The van der Waals surface area contributed by atoms with Crippen molar-refractivity contribution in [1.82, 2.24) is 9.97 Å². The number of carbonyl (C=O) groups is 1. The molecule has 0 aliphatic rings. The fourth-order valence-electron chi connectivity index (χ4n) is 2.79. The van der Waals surface area contributed by atoms with Crippen LogP contribution in [0.1, 0.15) is 117 Å². The molecule has 0 spiro atoms. The molecule has 0 unspecified atom stereocenters. The van der Waals surface area contributed by atoms with Crippen molar-refractivity contribution in [3.63, 3.8) is 0 Å². The molecule has 0 aliphatic carbocycles. The van der Waals surface area contributed by atoms with Crippen LogP contribution in [0, 0.1) is 20.8 Å². The number of hydrogen-bond donors (Lipinski definition) is 0. The number of carbonyl (C=O) groups excluding carboxylic acids is 1. The number of thiazole rings is 1. The smallest absolute Gasteiger partial charge is 0.159 e. The fraction of sp³-hybridized carbons (Fsp3) is 0.439. The lowest BCUT2D eigenvalue weighted by atomic mass is 10.1. The van der Waals surface area contributed by atoms with Gasteiger partial charge in [-0.15, -0.1) is 0 Å². The SMILES string of the molecule is C=CC(=C)C(C)=O.CC.CC.CCCC.CCCC.CCc1ccc2nc(-c3ccccc3C)sc2n1.Cc1ccccc1C. The zero-order valence-corrected chi connectivity index (χ0v) is 31.8. The van der Waals surface area contributed by atoms with E-state index in [1.807, 2.05) is 27.7 Å². The second-order valence-electron chi connectivity index (χ2n) is 9.68. The first-order valence-electron chi connectivity index (χ1n) is 16.8. The van der Waals surface area contributed by atoms with Gasteiger partial charge in [0.05, 0.1) is 0 Å². The minimum absolute atomic E-state index is 0.0185. The van der Waals surface area contributed by atoms with E-state index in [0.29, 0.717) is 5.57 Å². The molecule has 250 valence electrons. The Kier molecular flexibility index (Phi) is 31.4. The van der Waals surface area contributed by atoms with E-state index >= 15 is 0 Å². The predicted molar refractivity (Wildman–Crippen MR) is 207 cm³/mol. The highest BCUT2D eigenvalue weighted by molar-refractivity contribution is 7.21. The van der Waals surface area contributed by atoms with Gasteiger partial charge in [0.15, 0.2) is 5.78 Å². The van der Waals surface area contributed by atoms with Gasteiger partial charge in [0.25, 0.3) is 0 Å². The summed E-state index contributed by atoms with van der Waals surface area (Å²) in [5.74, 6) is -0.0185. The summed E-state index contributed by atoms with van der Waals surface area (Å²) >= 11 is 1.67. The van der Waals surface area contributed by atoms with Crippen LogP contribution in [0.5, 0.6) is 0 Å². The minimum atomic E-state index is -0.0185. The van der Waals surface area contributed by atoms with Crippen molar-refractivity contribution in [3.8, 4) is 10.6 Å². The summed E-state index contributed by atoms with van der Waals surface area (Å²) in [7, 11) is 0. The first kappa shape index (κ1) is 46.1. The average Bonchev–Trinajstić information content (AvgIpc) is 3.51. The molecule has 2 heterocycles. The molecule has 0 saturated heterocycles. The van der Waals surface area contributed by atoms with Crippen LogP contribution in [0.2, 0.25) is 0 Å². The molecule has 0 aliphatic heterocycles. The molecule has 0 saturated carbocycles. The van der Waals surface area contributed by atoms with Crippen molar-refractivity contribution in [2.75, 3.05) is 0 Å². The number of Topliss-reactive ketones (excluding diaryl/α,β-unsaturated/α-hetero) is 1. The van der Waals surface area contributed by atoms with E-state index in [9.17, 15) is 4.79 Å². The van der Waals surface area contributed by atoms with Gasteiger partial charge in [-0.05, 0) is 62.9 Å². The van der Waals surface area contributed by atoms with Crippen LogP contribution in [0.3, 0.4) is 0 Å². The van der Waals surface area contributed by atoms with Gasteiger partial charge in [0.2, 0.25) is 0 Å². The first-order valence-corrected chi connectivity index (χ1v) is 17.6. The van der Waals surface area contributed by atoms with Crippen molar-refractivity contribution in [2.24, 2.45) is 0 Å². The van der Waals surface area contributed by atoms with Crippen molar-refractivity contribution >= 4 is 27.5 Å². The third kappa shape index (κ3) is 21.1. The molecule has 4 heteroatoms. The molecule has 45 heavy (non-hydrogen) atoms. The lowest BCUT2D eigenvalue weighted by molar-refractivity contribution is -0.113. The van der Waals surface area contributed by atoms with Crippen LogP contribution >= 0.6 is 11.3 Å². The Morgan fingerprint density at radius 2 is 1.16 bits per heavy atom. The van der Waals surface area contributed by atoms with E-state index in [4.69, 9.17) is 0 Å². The van der Waals surface area contributed by atoms with E-state index in [-0.39, 0.29) is 5.78 Å². The van der Waals surface area contributed by atoms with E-state index < -0.39 is 0 Å². The molecule has 4 aromatic rings. The first-order chi connectivity index (χ1) is 21.6. The van der Waals surface area contributed by atoms with Crippen LogP contribution < -0.4 is 0 Å². The Labute approximate surface area is 282 Å². The summed E-state index contributed by atoms with van der Waals surface area (Å²) in [6.45, 7) is 33.4. The molecule has 0 radical (unpaired) electrons. The summed E-state index contributed by atoms with van der Waals surface area (Å²) in [5, 5.41) is 1.06. The third-order valence-corrected chi connectivity index (χ3v) is 7.17. The van der Waals surface area contributed by atoms with Crippen molar-refractivity contribution in [3.05, 3.63) is 108 Å². The maximum absolute atomic E-state index is 10.2. The van der Waals surface area contributed by atoms with Gasteiger partial charge in [0.1, 0.15) is 15.4 Å². The summed E-state index contributed by atoms with van der Waals surface area (Å²) in [6.07, 6.45) is 7.69. The lowest BCUT2D eigenvalue weighted by Gasteiger charge is -1.99. The van der Waals surface area contributed by atoms with Crippen LogP contribution in [-0.2, 0) is 11.2 Å². The molecule has 2 aromatic carbocycles. The Hall–Kier alpha value is -3.37. The summed E-state index contributed by atoms with van der Waals surface area (Å²) in [6, 6.07) is 20.8. The minimum Gasteiger partial charge on any atom is -0.295 e. The van der Waals surface area contributed by atoms with E-state index in [2.05, 4.69) is 139 Å². The third-order valence-electron chi connectivity index (χ3n) is 6.18. The number of aromatic nitrogens is 2. The Bertz CT molecular complexity index is 1290. The fourth-order valence-corrected chi connectivity index (χ4v) is 3.83. The topological polar surface area (TPSA) is 42.9 Å². The van der Waals surface area contributed by atoms with Gasteiger partial charge < -0.3 is 0 Å². The Morgan fingerprint density at radius 1 is 0.711 bits per heavy atom. The van der Waals surface area contributed by atoms with E-state index in [1.165, 1.54) is 60.9 Å². The van der Waals surface area contributed by atoms with Crippen LogP contribution in [0.25, 0.3) is 20.9 Å². The Balaban J connectivity index is -0.000000549. The molecule has 2 aromatic heterocycles. The number of aryl methyl sites for hydroxylation is 4. The second-order valence-corrected chi connectivity index (χ2v) is 10.7. The number of ketones is 1. The van der Waals surface area contributed by atoms with Crippen molar-refractivity contribution < 1.29 is 4.79 Å². The van der Waals surface area contributed by atoms with Gasteiger partial charge in [-0.25, -0.2) is 9.97 Å². The second kappa shape index (κ2) is 30.6. The van der Waals surface area contributed by atoms with Crippen molar-refractivity contribution in [2.45, 2.75) is 122 Å². The number of unbranched alkanes of at least 4 members (excludes halogenated alkanes) is 2. The molecule has 0 N–H and O–H groups in total. The van der Waals surface area contributed by atoms with Gasteiger partial charge >= 0.3 is 0 Å². The monoisotopic (exact) mass is 632 g/mol. The van der Waals surface area contributed by atoms with E-state index in [1.54, 1.807) is 11.3 Å². The number of rotatable bonds is 6. The molecule has 0 fully saturated rings. The number of pyridine rings is 1. The summed E-state index contributed by atoms with van der Waals surface area (Å²) in [4.78, 5) is 20.5. The molecule has 0 amide bonds. The number of fused-ring (bicyclic) bond motifs is 1. The van der Waals surface area contributed by atoms with Gasteiger partial charge in [-0.3, -0.25) is 4.79 Å². The summed E-state index contributed by atoms with van der Waals surface area (Å²) in [5.41, 5.74) is 7.80. The molecule has 3 nitrogen and oxygen atoms in total. The summed E-state index contributed by atoms with van der Waals surface area (Å²) < 4.78 is 0. The van der Waals surface area contributed by atoms with Crippen molar-refractivity contribution in [1.29, 1.82) is 0 Å². The molecule has 0 bridgehead atoms. The zero-order valence-electron chi connectivity index (χ0n) is 31.0. The standard InChI is InChI=1S/C15H14N2S.C8H10.C6H8O.2C4H10.2C2H6/c1-3-11-8-9-13-15(16-11)18-14(17-13)12-7-5-4-6-10(12)2;1-7-5-3-4-6-8(7)2;1-4-5(2)6(3)7;2*1-3-4-2;2*1-2/h4-9H,3H2,1-2H3;3-6H,1-2H3;4H,1-2H2,3H3;2*3-4H2,1-2H3;2*1-2H3. The molecular weight excluding hydrogens is 569 g/mol. The van der Waals surface area contributed by atoms with Crippen LogP contribution in [-0.4, -0.2) is 15.8 Å². The van der Waals surface area contributed by atoms with E-state index in [0.717, 1.165) is 27.5 Å². The normalized spacial score (nSPS) is 8.82. The highest BCUT2D eigenvalue weighted by Crippen LogP contribution is 2.31. The maximum Gasteiger partial charge on any atom is 0.159 e. The number of benzene rings is 2. The molecule has 0 atom stereocenters. The van der Waals surface area contributed by atoms with Crippen LogP contribution in [0.15, 0.2) is 85.5 Å². The molecular formula is C41H64N2OS. The zero-order chi connectivity index (χ0) is 35.2. The highest BCUT2D eigenvalue weighted by atomic mass is 32.1. The van der Waals surface area contributed by atoms with Gasteiger partial charge in [-0.1, -0.05) is 167 Å². The highest BCUT2D eigenvalue weighted by Gasteiger charge is 2.09. The number of nitrogens with zero attached hydrogens (tertiary/aromatic N) is 2. The maximum atomic E-state index is 10.2. The number of allylic oxidation sites excluding steroid dienone is 2. The molecule has 4 rings (SSSR count). The number of hydrogen-bond acceptors (Lipinski definition) is 4. The average molecular weight is 633 g/mol. The predicted octanol–water partition coefficient (Wildman–Crippen LogP) is 13.5.